The Hall–Kier alpha value is -3.58. The standard InChI is InChI=1S/C21H16ClN3O4/c1-28-15-6-7-16-17(11-20(26)29-18(16)10-15)21(27)23-19-8-9-25(24-19)12-13-2-4-14(22)5-3-13/h2-11H,12H2,1H3,(H,23,24,27). The number of nitrogens with zero attached hydrogens (tertiary/aromatic N) is 2. The van der Waals surface area contributed by atoms with Crippen LogP contribution in [0.5, 0.6) is 5.75 Å². The normalized spacial score (nSPS) is 10.8. The first-order chi connectivity index (χ1) is 14.0. The second kappa shape index (κ2) is 7.81. The van der Waals surface area contributed by atoms with E-state index < -0.39 is 11.5 Å². The zero-order valence-electron chi connectivity index (χ0n) is 15.4. The highest BCUT2D eigenvalue weighted by Gasteiger charge is 2.15. The van der Waals surface area contributed by atoms with E-state index in [1.807, 2.05) is 24.3 Å². The van der Waals surface area contributed by atoms with E-state index in [0.29, 0.717) is 28.5 Å². The molecule has 1 amide bonds. The summed E-state index contributed by atoms with van der Waals surface area (Å²) in [5.41, 5.74) is 0.876. The molecule has 2 aromatic heterocycles. The topological polar surface area (TPSA) is 86.4 Å². The Morgan fingerprint density at radius 1 is 1.17 bits per heavy atom. The van der Waals surface area contributed by atoms with Crippen LogP contribution in [-0.2, 0) is 6.54 Å². The van der Waals surface area contributed by atoms with Gasteiger partial charge in [-0.2, -0.15) is 5.10 Å². The maximum atomic E-state index is 12.8. The van der Waals surface area contributed by atoms with E-state index in [2.05, 4.69) is 10.4 Å². The number of ether oxygens (including phenoxy) is 1. The lowest BCUT2D eigenvalue weighted by Gasteiger charge is -2.07. The first-order valence-electron chi connectivity index (χ1n) is 8.73. The fourth-order valence-electron chi connectivity index (χ4n) is 2.93. The Labute approximate surface area is 170 Å². The highest BCUT2D eigenvalue weighted by Crippen LogP contribution is 2.23. The van der Waals surface area contributed by atoms with E-state index in [1.54, 1.807) is 35.1 Å². The lowest BCUT2D eigenvalue weighted by atomic mass is 10.1. The molecule has 0 atom stereocenters. The van der Waals surface area contributed by atoms with Crippen molar-refractivity contribution < 1.29 is 13.9 Å². The summed E-state index contributed by atoms with van der Waals surface area (Å²) in [5, 5.41) is 8.24. The van der Waals surface area contributed by atoms with Gasteiger partial charge in [-0.3, -0.25) is 9.48 Å². The summed E-state index contributed by atoms with van der Waals surface area (Å²) in [6.45, 7) is 0.532. The van der Waals surface area contributed by atoms with Crippen LogP contribution in [0.4, 0.5) is 5.82 Å². The van der Waals surface area contributed by atoms with Crippen molar-refractivity contribution in [1.82, 2.24) is 9.78 Å². The van der Waals surface area contributed by atoms with E-state index in [0.717, 1.165) is 11.6 Å². The van der Waals surface area contributed by atoms with Crippen molar-refractivity contribution >= 4 is 34.3 Å². The van der Waals surface area contributed by atoms with E-state index in [-0.39, 0.29) is 11.1 Å². The SMILES string of the molecule is COc1ccc2c(C(=O)Nc3ccn(Cc4ccc(Cl)cc4)n3)cc(=O)oc2c1. The highest BCUT2D eigenvalue weighted by molar-refractivity contribution is 6.30. The number of fused-ring (bicyclic) bond motifs is 1. The molecule has 0 fully saturated rings. The molecule has 29 heavy (non-hydrogen) atoms. The molecule has 4 rings (SSSR count). The molecule has 0 unspecified atom stereocenters. The van der Waals surface area contributed by atoms with Gasteiger partial charge in [0.15, 0.2) is 5.82 Å². The van der Waals surface area contributed by atoms with Crippen LogP contribution in [0.2, 0.25) is 5.02 Å². The van der Waals surface area contributed by atoms with Crippen molar-refractivity contribution in [2.45, 2.75) is 6.54 Å². The van der Waals surface area contributed by atoms with E-state index in [1.165, 1.54) is 7.11 Å². The zero-order valence-corrected chi connectivity index (χ0v) is 16.1. The van der Waals surface area contributed by atoms with Crippen LogP contribution >= 0.6 is 11.6 Å². The van der Waals surface area contributed by atoms with Crippen molar-refractivity contribution in [3.8, 4) is 5.75 Å². The Kier molecular flexibility index (Phi) is 5.05. The summed E-state index contributed by atoms with van der Waals surface area (Å²) < 4.78 is 12.0. The van der Waals surface area contributed by atoms with Crippen molar-refractivity contribution in [1.29, 1.82) is 0 Å². The van der Waals surface area contributed by atoms with Gasteiger partial charge in [0.25, 0.3) is 5.91 Å². The van der Waals surface area contributed by atoms with Crippen LogP contribution in [0.3, 0.4) is 0 Å². The molecule has 0 saturated carbocycles. The summed E-state index contributed by atoms with van der Waals surface area (Å²) in [7, 11) is 1.51. The molecule has 0 aliphatic carbocycles. The number of hydrogen-bond acceptors (Lipinski definition) is 5. The lowest BCUT2D eigenvalue weighted by molar-refractivity contribution is 0.102. The van der Waals surface area contributed by atoms with Crippen molar-refractivity contribution in [3.05, 3.63) is 87.4 Å². The third-order valence-electron chi connectivity index (χ3n) is 4.34. The maximum absolute atomic E-state index is 12.8. The van der Waals surface area contributed by atoms with Crippen molar-refractivity contribution in [3.63, 3.8) is 0 Å². The molecule has 146 valence electrons. The summed E-state index contributed by atoms with van der Waals surface area (Å²) in [6, 6.07) is 15.2. The minimum absolute atomic E-state index is 0.200. The maximum Gasteiger partial charge on any atom is 0.337 e. The van der Waals surface area contributed by atoms with Crippen LogP contribution in [0.1, 0.15) is 15.9 Å². The first kappa shape index (κ1) is 18.8. The van der Waals surface area contributed by atoms with Crippen LogP contribution in [0.15, 0.2) is 70.0 Å². The molecule has 4 aromatic rings. The van der Waals surface area contributed by atoms with Gasteiger partial charge in [0.1, 0.15) is 11.3 Å². The average Bonchev–Trinajstić information content (AvgIpc) is 3.15. The first-order valence-corrected chi connectivity index (χ1v) is 9.11. The number of aromatic nitrogens is 2. The predicted octanol–water partition coefficient (Wildman–Crippen LogP) is 3.95. The third-order valence-corrected chi connectivity index (χ3v) is 4.59. The third kappa shape index (κ3) is 4.14. The van der Waals surface area contributed by atoms with Crippen LogP contribution < -0.4 is 15.7 Å². The fraction of sp³-hybridized carbons (Fsp3) is 0.0952. The largest absolute Gasteiger partial charge is 0.497 e. The predicted molar refractivity (Wildman–Crippen MR) is 110 cm³/mol. The second-order valence-corrected chi connectivity index (χ2v) is 6.76. The van der Waals surface area contributed by atoms with Gasteiger partial charge in [-0.25, -0.2) is 4.79 Å². The molecule has 7 nitrogen and oxygen atoms in total. The van der Waals surface area contributed by atoms with Gasteiger partial charge in [0, 0.05) is 34.8 Å². The number of benzene rings is 2. The smallest absolute Gasteiger partial charge is 0.337 e. The van der Waals surface area contributed by atoms with Gasteiger partial charge >= 0.3 is 5.63 Å². The average molecular weight is 410 g/mol. The molecule has 0 aliphatic rings. The molecule has 0 aliphatic heterocycles. The number of amides is 1. The van der Waals surface area contributed by atoms with Gasteiger partial charge < -0.3 is 14.5 Å². The van der Waals surface area contributed by atoms with Crippen molar-refractivity contribution in [2.75, 3.05) is 12.4 Å². The lowest BCUT2D eigenvalue weighted by Crippen LogP contribution is -2.16. The molecular weight excluding hydrogens is 394 g/mol. The van der Waals surface area contributed by atoms with E-state index in [9.17, 15) is 9.59 Å². The fourth-order valence-corrected chi connectivity index (χ4v) is 3.06. The second-order valence-electron chi connectivity index (χ2n) is 6.32. The number of nitrogens with one attached hydrogen (secondary N) is 1. The Bertz CT molecular complexity index is 1250. The van der Waals surface area contributed by atoms with Crippen LogP contribution in [-0.4, -0.2) is 22.8 Å². The van der Waals surface area contributed by atoms with Gasteiger partial charge in [-0.1, -0.05) is 23.7 Å². The number of methoxy groups -OCH3 is 1. The number of carbonyl (C=O) groups excluding carboxylic acids is 1. The Morgan fingerprint density at radius 2 is 1.97 bits per heavy atom. The van der Waals surface area contributed by atoms with Gasteiger partial charge in [-0.15, -0.1) is 0 Å². The van der Waals surface area contributed by atoms with Crippen LogP contribution in [0.25, 0.3) is 11.0 Å². The van der Waals surface area contributed by atoms with Gasteiger partial charge in [0.2, 0.25) is 0 Å². The molecule has 0 saturated heterocycles. The monoisotopic (exact) mass is 409 g/mol. The Morgan fingerprint density at radius 3 is 2.72 bits per heavy atom. The molecule has 2 aromatic carbocycles. The van der Waals surface area contributed by atoms with Crippen LogP contribution in [0, 0.1) is 0 Å². The quantitative estimate of drug-likeness (QED) is 0.504. The summed E-state index contributed by atoms with van der Waals surface area (Å²) in [5.74, 6) is 0.447. The minimum Gasteiger partial charge on any atom is -0.497 e. The summed E-state index contributed by atoms with van der Waals surface area (Å²) in [6.07, 6.45) is 1.76. The molecule has 8 heteroatoms. The number of anilines is 1. The Balaban J connectivity index is 1.56. The molecule has 1 N–H and O–H groups in total. The number of carbonyl (C=O) groups is 1. The van der Waals surface area contributed by atoms with Gasteiger partial charge in [-0.05, 0) is 29.8 Å². The molecule has 0 bridgehead atoms. The van der Waals surface area contributed by atoms with E-state index >= 15 is 0 Å². The zero-order chi connectivity index (χ0) is 20.4. The summed E-state index contributed by atoms with van der Waals surface area (Å²) in [4.78, 5) is 24.6. The molecule has 2 heterocycles. The number of halogens is 1. The minimum atomic E-state index is -0.621. The number of rotatable bonds is 5. The highest BCUT2D eigenvalue weighted by atomic mass is 35.5. The molecular formula is C21H16ClN3O4. The number of hydrogen-bond donors (Lipinski definition) is 1. The van der Waals surface area contributed by atoms with Gasteiger partial charge in [0.05, 0.1) is 19.2 Å². The molecule has 0 radical (unpaired) electrons. The molecule has 0 spiro atoms. The van der Waals surface area contributed by atoms with E-state index in [4.69, 9.17) is 20.8 Å². The summed E-state index contributed by atoms with van der Waals surface area (Å²) >= 11 is 5.90. The van der Waals surface area contributed by atoms with Crippen molar-refractivity contribution in [2.24, 2.45) is 0 Å².